The smallest absolute Gasteiger partial charge is 0.250 e. The second kappa shape index (κ2) is 13.5. The molecular formula is C36H41ClO3Si. The molecule has 0 aliphatic carbocycles. The van der Waals surface area contributed by atoms with E-state index in [4.69, 9.17) is 25.5 Å². The SMILES string of the molecule is COc1ccc(COc2ccc(C(=C(CCCl)c3ccccc3)c3ccc(O[Si](C)(C)C(C)(C)C)cc3)cc2)cc1. The van der Waals surface area contributed by atoms with E-state index in [-0.39, 0.29) is 5.04 Å². The molecule has 4 aromatic rings. The number of hydrogen-bond acceptors (Lipinski definition) is 3. The lowest BCUT2D eigenvalue weighted by Gasteiger charge is -2.36. The topological polar surface area (TPSA) is 27.7 Å². The molecule has 0 fully saturated rings. The minimum Gasteiger partial charge on any atom is -0.544 e. The first-order valence-electron chi connectivity index (χ1n) is 14.1. The van der Waals surface area contributed by atoms with E-state index in [1.807, 2.05) is 42.5 Å². The van der Waals surface area contributed by atoms with Crippen LogP contribution in [0.3, 0.4) is 0 Å². The average Bonchev–Trinajstić information content (AvgIpc) is 2.97. The molecule has 0 N–H and O–H groups in total. The lowest BCUT2D eigenvalue weighted by molar-refractivity contribution is 0.306. The molecule has 0 bridgehead atoms. The van der Waals surface area contributed by atoms with Crippen LogP contribution in [0.5, 0.6) is 17.2 Å². The molecule has 0 aliphatic heterocycles. The number of ether oxygens (including phenoxy) is 2. The quantitative estimate of drug-likeness (QED) is 0.0996. The highest BCUT2D eigenvalue weighted by Crippen LogP contribution is 2.39. The van der Waals surface area contributed by atoms with Gasteiger partial charge < -0.3 is 13.9 Å². The largest absolute Gasteiger partial charge is 0.544 e. The predicted octanol–water partition coefficient (Wildman–Crippen LogP) is 10.2. The lowest BCUT2D eigenvalue weighted by Crippen LogP contribution is -2.43. The van der Waals surface area contributed by atoms with E-state index in [0.29, 0.717) is 12.5 Å². The highest BCUT2D eigenvalue weighted by Gasteiger charge is 2.38. The maximum absolute atomic E-state index is 6.57. The summed E-state index contributed by atoms with van der Waals surface area (Å²) in [6, 6.07) is 35.3. The molecule has 0 aliphatic rings. The summed E-state index contributed by atoms with van der Waals surface area (Å²) in [5.74, 6) is 3.10. The molecule has 0 spiro atoms. The van der Waals surface area contributed by atoms with E-state index in [2.05, 4.69) is 94.5 Å². The van der Waals surface area contributed by atoms with Crippen LogP contribution < -0.4 is 13.9 Å². The summed E-state index contributed by atoms with van der Waals surface area (Å²) in [5, 5.41) is 0.134. The van der Waals surface area contributed by atoms with Gasteiger partial charge in [-0.3, -0.25) is 0 Å². The van der Waals surface area contributed by atoms with Gasteiger partial charge in [0.2, 0.25) is 8.32 Å². The Kier molecular flexibility index (Phi) is 10.0. The summed E-state index contributed by atoms with van der Waals surface area (Å²) in [6.07, 6.45) is 0.749. The first-order valence-corrected chi connectivity index (χ1v) is 17.6. The Bertz CT molecular complexity index is 1420. The number of methoxy groups -OCH3 is 1. The second-order valence-corrected chi connectivity index (χ2v) is 16.8. The van der Waals surface area contributed by atoms with Gasteiger partial charge in [0.05, 0.1) is 7.11 Å². The standard InChI is InChI=1S/C36H41ClO3Si/c1-36(2,3)41(5,6)40-33-22-16-30(17-23-33)35(34(24-25-37)28-10-8-7-9-11-28)29-14-20-32(21-15-29)39-26-27-12-18-31(38-4)19-13-27/h7-23H,24-26H2,1-6H3. The molecule has 0 saturated heterocycles. The third-order valence-corrected chi connectivity index (χ3v) is 12.3. The summed E-state index contributed by atoms with van der Waals surface area (Å²) in [6.45, 7) is 11.8. The minimum atomic E-state index is -1.93. The van der Waals surface area contributed by atoms with Crippen LogP contribution in [0.25, 0.3) is 11.1 Å². The molecule has 5 heteroatoms. The van der Waals surface area contributed by atoms with Gasteiger partial charge in [-0.2, -0.15) is 0 Å². The molecule has 0 saturated carbocycles. The maximum Gasteiger partial charge on any atom is 0.250 e. The monoisotopic (exact) mass is 584 g/mol. The Hall–Kier alpha value is -3.47. The van der Waals surface area contributed by atoms with Crippen molar-refractivity contribution in [2.75, 3.05) is 13.0 Å². The molecule has 0 unspecified atom stereocenters. The van der Waals surface area contributed by atoms with Gasteiger partial charge in [0, 0.05) is 5.88 Å². The number of halogens is 1. The Morgan fingerprint density at radius 2 is 1.22 bits per heavy atom. The highest BCUT2D eigenvalue weighted by molar-refractivity contribution is 6.74. The summed E-state index contributed by atoms with van der Waals surface area (Å²) < 4.78 is 17.9. The van der Waals surface area contributed by atoms with Gasteiger partial charge in [0.25, 0.3) is 0 Å². The molecular weight excluding hydrogens is 544 g/mol. The van der Waals surface area contributed by atoms with Crippen molar-refractivity contribution >= 4 is 31.1 Å². The van der Waals surface area contributed by atoms with Gasteiger partial charge in [-0.1, -0.05) is 87.5 Å². The Balaban J connectivity index is 1.67. The van der Waals surface area contributed by atoms with Crippen LogP contribution in [0.4, 0.5) is 0 Å². The van der Waals surface area contributed by atoms with E-state index in [1.165, 1.54) is 11.1 Å². The molecule has 4 aromatic carbocycles. The Labute approximate surface area is 251 Å². The van der Waals surface area contributed by atoms with Crippen LogP contribution in [-0.4, -0.2) is 21.3 Å². The zero-order chi connectivity index (χ0) is 29.5. The number of hydrogen-bond donors (Lipinski definition) is 0. The lowest BCUT2D eigenvalue weighted by atomic mass is 9.88. The van der Waals surface area contributed by atoms with Crippen molar-refractivity contribution in [1.29, 1.82) is 0 Å². The normalized spacial score (nSPS) is 12.5. The molecule has 0 radical (unpaired) electrons. The fourth-order valence-electron chi connectivity index (χ4n) is 4.41. The van der Waals surface area contributed by atoms with Crippen molar-refractivity contribution in [3.05, 3.63) is 125 Å². The van der Waals surface area contributed by atoms with Gasteiger partial charge in [0.15, 0.2) is 0 Å². The van der Waals surface area contributed by atoms with Crippen molar-refractivity contribution in [3.63, 3.8) is 0 Å². The van der Waals surface area contributed by atoms with Crippen molar-refractivity contribution < 1.29 is 13.9 Å². The van der Waals surface area contributed by atoms with Crippen LogP contribution in [0.2, 0.25) is 18.1 Å². The molecule has 0 aromatic heterocycles. The van der Waals surface area contributed by atoms with Crippen LogP contribution >= 0.6 is 11.6 Å². The van der Waals surface area contributed by atoms with Crippen LogP contribution in [0.15, 0.2) is 103 Å². The molecule has 41 heavy (non-hydrogen) atoms. The fourth-order valence-corrected chi connectivity index (χ4v) is 5.63. The average molecular weight is 585 g/mol. The van der Waals surface area contributed by atoms with E-state index >= 15 is 0 Å². The Morgan fingerprint density at radius 1 is 0.683 bits per heavy atom. The molecule has 4 rings (SSSR count). The summed E-state index contributed by atoms with van der Waals surface area (Å²) in [7, 11) is -0.264. The molecule has 214 valence electrons. The first kappa shape index (κ1) is 30.5. The maximum atomic E-state index is 6.57. The molecule has 0 amide bonds. The van der Waals surface area contributed by atoms with Crippen molar-refractivity contribution in [1.82, 2.24) is 0 Å². The van der Waals surface area contributed by atoms with Crippen molar-refractivity contribution in [2.24, 2.45) is 0 Å². The predicted molar refractivity (Wildman–Crippen MR) is 176 cm³/mol. The molecule has 0 atom stereocenters. The van der Waals surface area contributed by atoms with E-state index in [0.717, 1.165) is 45.9 Å². The minimum absolute atomic E-state index is 0.134. The number of alkyl halides is 1. The number of allylic oxidation sites excluding steroid dienone is 1. The fraction of sp³-hybridized carbons (Fsp3) is 0.278. The van der Waals surface area contributed by atoms with Gasteiger partial charge >= 0.3 is 0 Å². The third kappa shape index (κ3) is 7.84. The van der Waals surface area contributed by atoms with Crippen LogP contribution in [-0.2, 0) is 6.61 Å². The zero-order valence-corrected chi connectivity index (χ0v) is 26.8. The molecule has 0 heterocycles. The third-order valence-electron chi connectivity index (χ3n) is 7.80. The molecule has 3 nitrogen and oxygen atoms in total. The Morgan fingerprint density at radius 3 is 1.73 bits per heavy atom. The van der Waals surface area contributed by atoms with Gasteiger partial charge in [-0.25, -0.2) is 0 Å². The summed E-state index contributed by atoms with van der Waals surface area (Å²) in [5.41, 5.74) is 6.88. The van der Waals surface area contributed by atoms with Crippen molar-refractivity contribution in [2.45, 2.75) is 51.9 Å². The second-order valence-electron chi connectivity index (χ2n) is 11.7. The number of rotatable bonds is 11. The highest BCUT2D eigenvalue weighted by atomic mass is 35.5. The first-order chi connectivity index (χ1) is 19.6. The van der Waals surface area contributed by atoms with Gasteiger partial charge in [-0.05, 0) is 94.4 Å². The summed E-state index contributed by atoms with van der Waals surface area (Å²) >= 11 is 6.37. The van der Waals surface area contributed by atoms with E-state index in [9.17, 15) is 0 Å². The van der Waals surface area contributed by atoms with E-state index in [1.54, 1.807) is 7.11 Å². The zero-order valence-electron chi connectivity index (χ0n) is 25.0. The van der Waals surface area contributed by atoms with Gasteiger partial charge in [0.1, 0.15) is 23.9 Å². The van der Waals surface area contributed by atoms with Crippen LogP contribution in [0.1, 0.15) is 49.4 Å². The van der Waals surface area contributed by atoms with Gasteiger partial charge in [-0.15, -0.1) is 11.6 Å². The van der Waals surface area contributed by atoms with Crippen molar-refractivity contribution in [3.8, 4) is 17.2 Å². The number of benzene rings is 4. The van der Waals surface area contributed by atoms with Crippen LogP contribution in [0, 0.1) is 0 Å². The van der Waals surface area contributed by atoms with E-state index < -0.39 is 8.32 Å². The summed E-state index contributed by atoms with van der Waals surface area (Å²) in [4.78, 5) is 0.